The van der Waals surface area contributed by atoms with E-state index in [1.807, 2.05) is 58.0 Å². The van der Waals surface area contributed by atoms with Gasteiger partial charge in [0.05, 0.1) is 5.60 Å². The van der Waals surface area contributed by atoms with Gasteiger partial charge in [-0.2, -0.15) is 0 Å². The molecule has 0 aliphatic heterocycles. The minimum Gasteiger partial charge on any atom is -0.444 e. The zero-order valence-corrected chi connectivity index (χ0v) is 13.5. The predicted octanol–water partition coefficient (Wildman–Crippen LogP) is 3.59. The first kappa shape index (κ1) is 17.5. The smallest absolute Gasteiger partial charge is 0.407 e. The first-order valence-corrected chi connectivity index (χ1v) is 7.45. The van der Waals surface area contributed by atoms with Gasteiger partial charge in [-0.25, -0.2) is 4.79 Å². The molecule has 21 heavy (non-hydrogen) atoms. The monoisotopic (exact) mass is 293 g/mol. The van der Waals surface area contributed by atoms with Crippen molar-refractivity contribution < 1.29 is 14.6 Å². The number of benzene rings is 1. The van der Waals surface area contributed by atoms with Crippen LogP contribution < -0.4 is 5.32 Å². The van der Waals surface area contributed by atoms with Crippen LogP contribution >= 0.6 is 0 Å². The van der Waals surface area contributed by atoms with Crippen molar-refractivity contribution in [3.8, 4) is 0 Å². The topological polar surface area (TPSA) is 58.6 Å². The van der Waals surface area contributed by atoms with Crippen molar-refractivity contribution in [2.24, 2.45) is 0 Å². The van der Waals surface area contributed by atoms with Gasteiger partial charge in [0.15, 0.2) is 0 Å². The Bertz CT molecular complexity index is 435. The van der Waals surface area contributed by atoms with Crippen LogP contribution in [-0.4, -0.2) is 23.3 Å². The zero-order valence-electron chi connectivity index (χ0n) is 13.5. The van der Waals surface area contributed by atoms with E-state index >= 15 is 0 Å². The summed E-state index contributed by atoms with van der Waals surface area (Å²) in [5.74, 6) is 0. The van der Waals surface area contributed by atoms with Gasteiger partial charge in [0, 0.05) is 6.54 Å². The predicted molar refractivity (Wildman–Crippen MR) is 84.1 cm³/mol. The maximum atomic E-state index is 11.5. The van der Waals surface area contributed by atoms with E-state index in [1.54, 1.807) is 0 Å². The molecule has 0 saturated heterocycles. The summed E-state index contributed by atoms with van der Waals surface area (Å²) in [4.78, 5) is 11.5. The summed E-state index contributed by atoms with van der Waals surface area (Å²) < 4.78 is 5.16. The molecule has 4 nitrogen and oxygen atoms in total. The SMILES string of the molecule is CC(C)(C)OC(=O)NCCCCC(C)(O)c1ccccc1. The number of ether oxygens (including phenoxy) is 1. The molecule has 4 heteroatoms. The number of hydrogen-bond donors (Lipinski definition) is 2. The fourth-order valence-corrected chi connectivity index (χ4v) is 2.04. The molecular formula is C17H27NO3. The number of carbonyl (C=O) groups excluding carboxylic acids is 1. The molecule has 0 heterocycles. The highest BCUT2D eigenvalue weighted by Crippen LogP contribution is 2.25. The van der Waals surface area contributed by atoms with Crippen molar-refractivity contribution in [1.29, 1.82) is 0 Å². The first-order chi connectivity index (χ1) is 9.71. The summed E-state index contributed by atoms with van der Waals surface area (Å²) in [6.45, 7) is 7.89. The Balaban J connectivity index is 2.24. The molecule has 1 rings (SSSR count). The van der Waals surface area contributed by atoms with E-state index in [2.05, 4.69) is 5.32 Å². The lowest BCUT2D eigenvalue weighted by atomic mass is 9.90. The van der Waals surface area contributed by atoms with E-state index in [-0.39, 0.29) is 0 Å². The van der Waals surface area contributed by atoms with E-state index in [0.717, 1.165) is 18.4 Å². The van der Waals surface area contributed by atoms with Gasteiger partial charge in [0.25, 0.3) is 0 Å². The lowest BCUT2D eigenvalue weighted by Gasteiger charge is -2.24. The van der Waals surface area contributed by atoms with Gasteiger partial charge in [-0.1, -0.05) is 30.3 Å². The lowest BCUT2D eigenvalue weighted by Crippen LogP contribution is -2.33. The minimum absolute atomic E-state index is 0.391. The Morgan fingerprint density at radius 1 is 1.14 bits per heavy atom. The van der Waals surface area contributed by atoms with Crippen LogP contribution in [0.5, 0.6) is 0 Å². The highest BCUT2D eigenvalue weighted by atomic mass is 16.6. The Labute approximate surface area is 127 Å². The van der Waals surface area contributed by atoms with E-state index in [0.29, 0.717) is 13.0 Å². The van der Waals surface area contributed by atoms with Gasteiger partial charge in [-0.15, -0.1) is 0 Å². The quantitative estimate of drug-likeness (QED) is 0.788. The number of amides is 1. The summed E-state index contributed by atoms with van der Waals surface area (Å²) >= 11 is 0. The largest absolute Gasteiger partial charge is 0.444 e. The molecule has 0 aliphatic carbocycles. The molecule has 0 aromatic heterocycles. The Hall–Kier alpha value is -1.55. The highest BCUT2D eigenvalue weighted by Gasteiger charge is 2.22. The van der Waals surface area contributed by atoms with Crippen molar-refractivity contribution in [1.82, 2.24) is 5.32 Å². The summed E-state index contributed by atoms with van der Waals surface area (Å²) in [5, 5.41) is 13.2. The van der Waals surface area contributed by atoms with Crippen LogP contribution in [0.2, 0.25) is 0 Å². The fourth-order valence-electron chi connectivity index (χ4n) is 2.04. The third-order valence-corrected chi connectivity index (χ3v) is 3.15. The molecule has 0 aliphatic rings. The summed E-state index contributed by atoms with van der Waals surface area (Å²) in [6.07, 6.45) is 1.91. The molecule has 0 bridgehead atoms. The zero-order chi connectivity index (χ0) is 15.9. The maximum Gasteiger partial charge on any atom is 0.407 e. The molecule has 0 spiro atoms. The van der Waals surface area contributed by atoms with E-state index < -0.39 is 17.3 Å². The lowest BCUT2D eigenvalue weighted by molar-refractivity contribution is 0.0443. The number of hydrogen-bond acceptors (Lipinski definition) is 3. The molecule has 118 valence electrons. The van der Waals surface area contributed by atoms with Crippen LogP contribution in [-0.2, 0) is 10.3 Å². The molecule has 1 atom stereocenters. The number of unbranched alkanes of at least 4 members (excludes halogenated alkanes) is 1. The molecule has 0 fully saturated rings. The first-order valence-electron chi connectivity index (χ1n) is 7.45. The third-order valence-electron chi connectivity index (χ3n) is 3.15. The van der Waals surface area contributed by atoms with E-state index in [4.69, 9.17) is 4.74 Å². The molecule has 1 aromatic carbocycles. The highest BCUT2D eigenvalue weighted by molar-refractivity contribution is 5.67. The standard InChI is InChI=1S/C17H27NO3/c1-16(2,3)21-15(19)18-13-9-8-12-17(4,20)14-10-6-5-7-11-14/h5-7,10-11,20H,8-9,12-13H2,1-4H3,(H,18,19). The number of carbonyl (C=O) groups is 1. The maximum absolute atomic E-state index is 11.5. The summed E-state index contributed by atoms with van der Waals surface area (Å²) in [5.41, 5.74) is -0.376. The van der Waals surface area contributed by atoms with Crippen LogP contribution in [0, 0.1) is 0 Å². The second kappa shape index (κ2) is 7.46. The molecule has 1 aromatic rings. The third kappa shape index (κ3) is 7.14. The summed E-state index contributed by atoms with van der Waals surface area (Å²) in [7, 11) is 0. The second-order valence-electron chi connectivity index (χ2n) is 6.53. The molecule has 1 amide bonds. The number of rotatable bonds is 6. The number of nitrogens with one attached hydrogen (secondary N) is 1. The van der Waals surface area contributed by atoms with Crippen molar-refractivity contribution in [3.63, 3.8) is 0 Å². The Morgan fingerprint density at radius 3 is 2.33 bits per heavy atom. The van der Waals surface area contributed by atoms with Crippen LogP contribution in [0.25, 0.3) is 0 Å². The van der Waals surface area contributed by atoms with Crippen LogP contribution in [0.3, 0.4) is 0 Å². The van der Waals surface area contributed by atoms with E-state index in [9.17, 15) is 9.90 Å². The minimum atomic E-state index is -0.826. The Morgan fingerprint density at radius 2 is 1.76 bits per heavy atom. The van der Waals surface area contributed by atoms with Crippen molar-refractivity contribution >= 4 is 6.09 Å². The van der Waals surface area contributed by atoms with Crippen LogP contribution in [0.1, 0.15) is 52.5 Å². The molecular weight excluding hydrogens is 266 g/mol. The van der Waals surface area contributed by atoms with Crippen LogP contribution in [0.15, 0.2) is 30.3 Å². The van der Waals surface area contributed by atoms with Crippen molar-refractivity contribution in [3.05, 3.63) is 35.9 Å². The average molecular weight is 293 g/mol. The number of alkyl carbamates (subject to hydrolysis) is 1. The second-order valence-corrected chi connectivity index (χ2v) is 6.53. The van der Waals surface area contributed by atoms with E-state index in [1.165, 1.54) is 0 Å². The molecule has 2 N–H and O–H groups in total. The molecule has 0 saturated carbocycles. The van der Waals surface area contributed by atoms with Crippen LogP contribution in [0.4, 0.5) is 4.79 Å². The van der Waals surface area contributed by atoms with Gasteiger partial charge in [-0.05, 0) is 52.5 Å². The normalized spacial score (nSPS) is 14.3. The molecule has 1 unspecified atom stereocenters. The Kier molecular flexibility index (Phi) is 6.21. The van der Waals surface area contributed by atoms with Crippen molar-refractivity contribution in [2.75, 3.05) is 6.54 Å². The van der Waals surface area contributed by atoms with Gasteiger partial charge in [0.2, 0.25) is 0 Å². The van der Waals surface area contributed by atoms with Gasteiger partial charge < -0.3 is 15.2 Å². The van der Waals surface area contributed by atoms with Crippen molar-refractivity contribution in [2.45, 2.75) is 58.2 Å². The number of aliphatic hydroxyl groups is 1. The fraction of sp³-hybridized carbons (Fsp3) is 0.588. The molecule has 0 radical (unpaired) electrons. The van der Waals surface area contributed by atoms with Gasteiger partial charge in [0.1, 0.15) is 5.60 Å². The average Bonchev–Trinajstić information content (AvgIpc) is 2.37. The van der Waals surface area contributed by atoms with Gasteiger partial charge in [-0.3, -0.25) is 0 Å². The summed E-state index contributed by atoms with van der Waals surface area (Å²) in [6, 6.07) is 9.64. The van der Waals surface area contributed by atoms with Gasteiger partial charge >= 0.3 is 6.09 Å².